The molecule has 0 aliphatic heterocycles. The van der Waals surface area contributed by atoms with E-state index in [1.54, 1.807) is 0 Å². The molecule has 1 aromatic rings. The van der Waals surface area contributed by atoms with Gasteiger partial charge in [0.15, 0.2) is 0 Å². The van der Waals surface area contributed by atoms with Crippen molar-refractivity contribution in [3.63, 3.8) is 0 Å². The van der Waals surface area contributed by atoms with Crippen molar-refractivity contribution in [2.75, 3.05) is 0 Å². The normalized spacial score (nSPS) is 28.8. The van der Waals surface area contributed by atoms with Crippen LogP contribution in [0.3, 0.4) is 0 Å². The average molecular weight is 273 g/mol. The number of fused-ring (bicyclic) bond motifs is 1. The Bertz CT molecular complexity index is 493. The highest BCUT2D eigenvalue weighted by Gasteiger charge is 2.68. The van der Waals surface area contributed by atoms with Gasteiger partial charge in [-0.15, -0.1) is 0 Å². The first kappa shape index (κ1) is 14.0. The SMILES string of the molecule is CC1(C)C(C(NN)C2CCCc3cccnc32)C1(C)C. The van der Waals surface area contributed by atoms with Gasteiger partial charge in [-0.2, -0.15) is 0 Å². The molecule has 1 saturated carbocycles. The number of nitrogens with one attached hydrogen (secondary N) is 1. The average Bonchev–Trinajstić information content (AvgIpc) is 2.83. The summed E-state index contributed by atoms with van der Waals surface area (Å²) in [6.07, 6.45) is 5.53. The van der Waals surface area contributed by atoms with Gasteiger partial charge in [-0.25, -0.2) is 0 Å². The lowest BCUT2D eigenvalue weighted by Crippen LogP contribution is -2.44. The fourth-order valence-corrected chi connectivity index (χ4v) is 4.58. The minimum Gasteiger partial charge on any atom is -0.271 e. The summed E-state index contributed by atoms with van der Waals surface area (Å²) in [5.41, 5.74) is 6.53. The van der Waals surface area contributed by atoms with Crippen LogP contribution in [0.15, 0.2) is 18.3 Å². The second-order valence-corrected chi connectivity index (χ2v) is 7.66. The van der Waals surface area contributed by atoms with Gasteiger partial charge in [0.25, 0.3) is 0 Å². The molecule has 0 spiro atoms. The Morgan fingerprint density at radius 2 is 2.00 bits per heavy atom. The molecule has 3 nitrogen and oxygen atoms in total. The van der Waals surface area contributed by atoms with Crippen LogP contribution in [0, 0.1) is 16.7 Å². The number of hydrogen-bond donors (Lipinski definition) is 2. The highest BCUT2D eigenvalue weighted by Crippen LogP contribution is 2.71. The van der Waals surface area contributed by atoms with Gasteiger partial charge in [-0.05, 0) is 47.6 Å². The second-order valence-electron chi connectivity index (χ2n) is 7.66. The molecule has 2 atom stereocenters. The molecule has 2 aliphatic carbocycles. The van der Waals surface area contributed by atoms with Crippen molar-refractivity contribution < 1.29 is 0 Å². The topological polar surface area (TPSA) is 50.9 Å². The number of nitrogens with two attached hydrogens (primary N) is 1. The fourth-order valence-electron chi connectivity index (χ4n) is 4.58. The summed E-state index contributed by atoms with van der Waals surface area (Å²) in [4.78, 5) is 4.68. The summed E-state index contributed by atoms with van der Waals surface area (Å²) in [5.74, 6) is 7.03. The van der Waals surface area contributed by atoms with Gasteiger partial charge in [0.1, 0.15) is 0 Å². The Labute approximate surface area is 122 Å². The lowest BCUT2D eigenvalue weighted by molar-refractivity contribution is 0.317. The van der Waals surface area contributed by atoms with E-state index in [4.69, 9.17) is 5.84 Å². The Morgan fingerprint density at radius 1 is 1.30 bits per heavy atom. The predicted molar refractivity (Wildman–Crippen MR) is 82.1 cm³/mol. The zero-order valence-corrected chi connectivity index (χ0v) is 13.1. The van der Waals surface area contributed by atoms with E-state index in [0.29, 0.717) is 28.7 Å². The van der Waals surface area contributed by atoms with Crippen LogP contribution in [-0.2, 0) is 6.42 Å². The molecule has 3 heteroatoms. The van der Waals surface area contributed by atoms with Crippen LogP contribution >= 0.6 is 0 Å². The van der Waals surface area contributed by atoms with Crippen LogP contribution in [0.1, 0.15) is 57.7 Å². The van der Waals surface area contributed by atoms with E-state index in [0.717, 1.165) is 6.42 Å². The number of aromatic nitrogens is 1. The summed E-state index contributed by atoms with van der Waals surface area (Å²) in [6.45, 7) is 9.46. The van der Waals surface area contributed by atoms with E-state index >= 15 is 0 Å². The van der Waals surface area contributed by atoms with Gasteiger partial charge in [-0.1, -0.05) is 33.8 Å². The van der Waals surface area contributed by atoms with Crippen molar-refractivity contribution in [2.45, 2.75) is 58.9 Å². The van der Waals surface area contributed by atoms with Crippen LogP contribution in [0.5, 0.6) is 0 Å². The summed E-state index contributed by atoms with van der Waals surface area (Å²) in [7, 11) is 0. The first-order valence-electron chi connectivity index (χ1n) is 7.81. The molecule has 0 amide bonds. The molecule has 3 rings (SSSR count). The summed E-state index contributed by atoms with van der Waals surface area (Å²) in [5, 5.41) is 0. The standard InChI is InChI=1S/C17H27N3/c1-16(2)15(17(16,3)4)14(20-18)12-9-5-7-11-8-6-10-19-13(11)12/h6,8,10,12,14-15,20H,5,7,9,18H2,1-4H3. The molecule has 1 aromatic heterocycles. The Balaban J connectivity index is 1.93. The maximum Gasteiger partial charge on any atom is 0.0482 e. The third kappa shape index (κ3) is 1.83. The van der Waals surface area contributed by atoms with Crippen LogP contribution in [0.25, 0.3) is 0 Å². The molecule has 0 saturated heterocycles. The minimum absolute atomic E-state index is 0.328. The Kier molecular flexibility index (Phi) is 3.18. The number of hydrogen-bond acceptors (Lipinski definition) is 3. The molecule has 2 unspecified atom stereocenters. The molecule has 110 valence electrons. The number of pyridine rings is 1. The molecule has 0 bridgehead atoms. The van der Waals surface area contributed by atoms with Gasteiger partial charge >= 0.3 is 0 Å². The molecule has 20 heavy (non-hydrogen) atoms. The molecule has 3 N–H and O–H groups in total. The third-order valence-electron chi connectivity index (χ3n) is 6.36. The van der Waals surface area contributed by atoms with E-state index in [9.17, 15) is 0 Å². The van der Waals surface area contributed by atoms with Crippen LogP contribution < -0.4 is 11.3 Å². The molecule has 1 fully saturated rings. The van der Waals surface area contributed by atoms with Crippen LogP contribution in [0.4, 0.5) is 0 Å². The van der Waals surface area contributed by atoms with Gasteiger partial charge in [0.05, 0.1) is 0 Å². The lowest BCUT2D eigenvalue weighted by Gasteiger charge is -2.32. The quantitative estimate of drug-likeness (QED) is 0.657. The molecular formula is C17H27N3. The van der Waals surface area contributed by atoms with Gasteiger partial charge in [0, 0.05) is 23.9 Å². The lowest BCUT2D eigenvalue weighted by atomic mass is 9.79. The Hall–Kier alpha value is -0.930. The fraction of sp³-hybridized carbons (Fsp3) is 0.706. The van der Waals surface area contributed by atoms with Crippen molar-refractivity contribution in [1.29, 1.82) is 0 Å². The molecular weight excluding hydrogens is 246 g/mol. The number of nitrogens with zero attached hydrogens (tertiary/aromatic N) is 1. The molecule has 0 aromatic carbocycles. The first-order valence-corrected chi connectivity index (χ1v) is 7.81. The van der Waals surface area contributed by atoms with E-state index < -0.39 is 0 Å². The van der Waals surface area contributed by atoms with Crippen LogP contribution in [-0.4, -0.2) is 11.0 Å². The Morgan fingerprint density at radius 3 is 2.60 bits per heavy atom. The van der Waals surface area contributed by atoms with E-state index in [1.165, 1.54) is 24.1 Å². The maximum atomic E-state index is 5.97. The zero-order chi connectivity index (χ0) is 14.5. The highest BCUT2D eigenvalue weighted by molar-refractivity contribution is 5.30. The van der Waals surface area contributed by atoms with Gasteiger partial charge < -0.3 is 0 Å². The van der Waals surface area contributed by atoms with Crippen LogP contribution in [0.2, 0.25) is 0 Å². The number of hydrazine groups is 1. The first-order chi connectivity index (χ1) is 9.41. The minimum atomic E-state index is 0.328. The molecule has 1 heterocycles. The predicted octanol–water partition coefficient (Wildman–Crippen LogP) is 3.02. The zero-order valence-electron chi connectivity index (χ0n) is 13.1. The van der Waals surface area contributed by atoms with Gasteiger partial charge in [0.2, 0.25) is 0 Å². The monoisotopic (exact) mass is 273 g/mol. The largest absolute Gasteiger partial charge is 0.271 e. The van der Waals surface area contributed by atoms with E-state index in [1.807, 2.05) is 6.20 Å². The van der Waals surface area contributed by atoms with Crippen molar-refractivity contribution in [2.24, 2.45) is 22.6 Å². The summed E-state index contributed by atoms with van der Waals surface area (Å²) in [6, 6.07) is 4.61. The molecule has 0 radical (unpaired) electrons. The van der Waals surface area contributed by atoms with E-state index in [-0.39, 0.29) is 0 Å². The summed E-state index contributed by atoms with van der Waals surface area (Å²) < 4.78 is 0. The number of rotatable bonds is 3. The van der Waals surface area contributed by atoms with E-state index in [2.05, 4.69) is 50.2 Å². The smallest absolute Gasteiger partial charge is 0.0482 e. The van der Waals surface area contributed by atoms with Gasteiger partial charge in [-0.3, -0.25) is 16.3 Å². The maximum absolute atomic E-state index is 5.97. The highest BCUT2D eigenvalue weighted by atomic mass is 15.2. The van der Waals surface area contributed by atoms with Crippen molar-refractivity contribution in [3.05, 3.63) is 29.6 Å². The second kappa shape index (κ2) is 4.54. The summed E-state index contributed by atoms with van der Waals surface area (Å²) >= 11 is 0. The van der Waals surface area contributed by atoms with Crippen molar-refractivity contribution in [1.82, 2.24) is 10.4 Å². The van der Waals surface area contributed by atoms with Crippen molar-refractivity contribution >= 4 is 0 Å². The number of aryl methyl sites for hydroxylation is 1. The third-order valence-corrected chi connectivity index (χ3v) is 6.36. The molecule has 2 aliphatic rings. The van der Waals surface area contributed by atoms with Crippen molar-refractivity contribution in [3.8, 4) is 0 Å².